The smallest absolute Gasteiger partial charge is 0.243 e. The van der Waals surface area contributed by atoms with Gasteiger partial charge in [0.2, 0.25) is 10.0 Å². The zero-order valence-electron chi connectivity index (χ0n) is 11.6. The lowest BCUT2D eigenvalue weighted by Crippen LogP contribution is -2.51. The van der Waals surface area contributed by atoms with Gasteiger partial charge < -0.3 is 5.73 Å². The summed E-state index contributed by atoms with van der Waals surface area (Å²) in [5.41, 5.74) is 5.77. The maximum absolute atomic E-state index is 12.7. The molecule has 0 aliphatic carbocycles. The molecule has 1 aliphatic heterocycles. The predicted octanol–water partition coefficient (Wildman–Crippen LogP) is 2.11. The minimum atomic E-state index is -3.74. The van der Waals surface area contributed by atoms with Crippen LogP contribution in [0.3, 0.4) is 0 Å². The van der Waals surface area contributed by atoms with Crippen LogP contribution in [0.15, 0.2) is 17.0 Å². The van der Waals surface area contributed by atoms with E-state index in [-0.39, 0.29) is 33.7 Å². The lowest BCUT2D eigenvalue weighted by atomic mass is 10.2. The van der Waals surface area contributed by atoms with E-state index in [9.17, 15) is 12.6 Å². The molecule has 1 heterocycles. The molecule has 0 saturated carbocycles. The zero-order valence-corrected chi connectivity index (χ0v) is 14.7. The fourth-order valence-corrected chi connectivity index (χ4v) is 5.81. The van der Waals surface area contributed by atoms with Gasteiger partial charge in [-0.2, -0.15) is 4.31 Å². The second kappa shape index (κ2) is 5.70. The monoisotopic (exact) mass is 370 g/mol. The van der Waals surface area contributed by atoms with E-state index >= 15 is 0 Å². The fraction of sp³-hybridized carbons (Fsp3) is 0.500. The van der Waals surface area contributed by atoms with E-state index in [2.05, 4.69) is 0 Å². The summed E-state index contributed by atoms with van der Waals surface area (Å²) in [5.74, 6) is 0.308. The normalized spacial score (nSPS) is 23.1. The van der Waals surface area contributed by atoms with Gasteiger partial charge in [-0.1, -0.05) is 23.2 Å². The molecule has 5 nitrogen and oxygen atoms in total. The maximum atomic E-state index is 12.7. The van der Waals surface area contributed by atoms with Gasteiger partial charge in [-0.15, -0.1) is 0 Å². The molecular weight excluding hydrogens is 355 g/mol. The molecular formula is C12H16Cl2N2O3S2. The summed E-state index contributed by atoms with van der Waals surface area (Å²) < 4.78 is 38.0. The first kappa shape index (κ1) is 17.0. The molecule has 0 amide bonds. The van der Waals surface area contributed by atoms with Gasteiger partial charge in [0.25, 0.3) is 0 Å². The minimum Gasteiger partial charge on any atom is -0.396 e. The molecule has 0 aromatic heterocycles. The molecule has 2 rings (SSSR count). The molecule has 1 fully saturated rings. The number of hydrogen-bond donors (Lipinski definition) is 1. The first-order chi connectivity index (χ1) is 9.55. The number of anilines is 1. The highest BCUT2D eigenvalue weighted by molar-refractivity contribution is 7.89. The van der Waals surface area contributed by atoms with Crippen molar-refractivity contribution in [3.05, 3.63) is 22.2 Å². The Morgan fingerprint density at radius 1 is 1.29 bits per heavy atom. The van der Waals surface area contributed by atoms with Crippen LogP contribution in [0.2, 0.25) is 10.0 Å². The van der Waals surface area contributed by atoms with Crippen molar-refractivity contribution in [2.45, 2.75) is 23.5 Å². The average Bonchev–Trinajstić information content (AvgIpc) is 2.38. The summed E-state index contributed by atoms with van der Waals surface area (Å²) in [7, 11) is -4.80. The quantitative estimate of drug-likeness (QED) is 0.808. The highest BCUT2D eigenvalue weighted by atomic mass is 35.5. The largest absolute Gasteiger partial charge is 0.396 e. The number of halogens is 2. The van der Waals surface area contributed by atoms with Crippen LogP contribution < -0.4 is 5.73 Å². The molecule has 1 atom stereocenters. The zero-order chi connectivity index (χ0) is 16.0. The summed E-state index contributed by atoms with van der Waals surface area (Å²) >= 11 is 11.8. The van der Waals surface area contributed by atoms with Gasteiger partial charge in [-0.05, 0) is 26.0 Å². The number of nitrogens with zero attached hydrogens (tertiary/aromatic N) is 1. The minimum absolute atomic E-state index is 0.00446. The fourth-order valence-electron chi connectivity index (χ4n) is 2.10. The highest BCUT2D eigenvalue weighted by Crippen LogP contribution is 2.33. The Hall–Kier alpha value is -0.340. The molecule has 9 heteroatoms. The van der Waals surface area contributed by atoms with Gasteiger partial charge >= 0.3 is 0 Å². The molecule has 1 unspecified atom stereocenters. The topological polar surface area (TPSA) is 80.5 Å². The first-order valence-corrected chi connectivity index (χ1v) is 9.70. The van der Waals surface area contributed by atoms with Crippen LogP contribution in [0.1, 0.15) is 13.8 Å². The Kier molecular flexibility index (Phi) is 4.62. The van der Waals surface area contributed by atoms with Crippen molar-refractivity contribution >= 4 is 49.7 Å². The van der Waals surface area contributed by atoms with Gasteiger partial charge in [-0.25, -0.2) is 8.42 Å². The van der Waals surface area contributed by atoms with Crippen molar-refractivity contribution in [3.63, 3.8) is 0 Å². The summed E-state index contributed by atoms with van der Waals surface area (Å²) in [5, 5.41) is 0.196. The van der Waals surface area contributed by atoms with E-state index in [1.54, 1.807) is 13.8 Å². The summed E-state index contributed by atoms with van der Waals surface area (Å²) in [6.45, 7) is 3.96. The van der Waals surface area contributed by atoms with Gasteiger partial charge in [0.15, 0.2) is 0 Å². The Balaban J connectivity index is 2.41. The van der Waals surface area contributed by atoms with Gasteiger partial charge in [0, 0.05) is 29.6 Å². The van der Waals surface area contributed by atoms with E-state index in [0.29, 0.717) is 5.75 Å². The van der Waals surface area contributed by atoms with Crippen LogP contribution in [0.25, 0.3) is 0 Å². The third-order valence-corrected chi connectivity index (χ3v) is 7.75. The molecule has 21 heavy (non-hydrogen) atoms. The lowest BCUT2D eigenvalue weighted by molar-refractivity contribution is 0.378. The molecule has 0 radical (unpaired) electrons. The molecule has 1 aromatic rings. The Labute approximate surface area is 136 Å². The number of nitrogen functional groups attached to an aromatic ring is 1. The van der Waals surface area contributed by atoms with Crippen molar-refractivity contribution < 1.29 is 12.6 Å². The SMILES string of the molecule is CC1(C)CN(S(=O)(=O)c2cc(Cl)c(N)c(Cl)c2)CCS1=O. The summed E-state index contributed by atoms with van der Waals surface area (Å²) in [6, 6.07) is 2.58. The molecule has 2 N–H and O–H groups in total. The van der Waals surface area contributed by atoms with Gasteiger partial charge in [-0.3, -0.25) is 4.21 Å². The third-order valence-electron chi connectivity index (χ3n) is 3.39. The van der Waals surface area contributed by atoms with Crippen molar-refractivity contribution in [1.82, 2.24) is 4.31 Å². The Morgan fingerprint density at radius 2 is 1.81 bits per heavy atom. The molecule has 1 saturated heterocycles. The van der Waals surface area contributed by atoms with E-state index in [1.807, 2.05) is 0 Å². The Morgan fingerprint density at radius 3 is 2.29 bits per heavy atom. The Bertz CT molecular complexity index is 681. The van der Waals surface area contributed by atoms with Gasteiger partial charge in [0.05, 0.1) is 25.4 Å². The highest BCUT2D eigenvalue weighted by Gasteiger charge is 2.39. The average molecular weight is 371 g/mol. The van der Waals surface area contributed by atoms with Gasteiger partial charge in [0.1, 0.15) is 0 Å². The molecule has 118 valence electrons. The van der Waals surface area contributed by atoms with Crippen LogP contribution in [0, 0.1) is 0 Å². The van der Waals surface area contributed by atoms with Crippen molar-refractivity contribution in [1.29, 1.82) is 0 Å². The second-order valence-electron chi connectivity index (χ2n) is 5.45. The molecule has 0 spiro atoms. The second-order valence-corrected chi connectivity index (χ2v) is 10.4. The lowest BCUT2D eigenvalue weighted by Gasteiger charge is -2.36. The van der Waals surface area contributed by atoms with E-state index < -0.39 is 25.6 Å². The number of rotatable bonds is 2. The number of sulfonamides is 1. The van der Waals surface area contributed by atoms with Crippen LogP contribution >= 0.6 is 23.2 Å². The third kappa shape index (κ3) is 3.22. The van der Waals surface area contributed by atoms with E-state index in [1.165, 1.54) is 16.4 Å². The first-order valence-electron chi connectivity index (χ1n) is 6.19. The van der Waals surface area contributed by atoms with Crippen LogP contribution in [-0.4, -0.2) is 40.5 Å². The molecule has 1 aromatic carbocycles. The maximum Gasteiger partial charge on any atom is 0.243 e. The van der Waals surface area contributed by atoms with E-state index in [4.69, 9.17) is 28.9 Å². The number of benzene rings is 1. The van der Waals surface area contributed by atoms with Crippen molar-refractivity contribution in [2.75, 3.05) is 24.6 Å². The predicted molar refractivity (Wildman–Crippen MR) is 86.7 cm³/mol. The van der Waals surface area contributed by atoms with Crippen LogP contribution in [0.5, 0.6) is 0 Å². The number of hydrogen-bond acceptors (Lipinski definition) is 4. The summed E-state index contributed by atoms with van der Waals surface area (Å²) in [4.78, 5) is -0.00446. The molecule has 0 bridgehead atoms. The van der Waals surface area contributed by atoms with Crippen molar-refractivity contribution in [3.8, 4) is 0 Å². The number of nitrogens with two attached hydrogens (primary N) is 1. The standard InChI is InChI=1S/C12H16Cl2N2O3S2/c1-12(2)7-16(3-4-20(12)17)21(18,19)8-5-9(13)11(15)10(14)6-8/h5-6H,3-4,7,15H2,1-2H3. The summed E-state index contributed by atoms with van der Waals surface area (Å²) in [6.07, 6.45) is 0. The molecule has 1 aliphatic rings. The van der Waals surface area contributed by atoms with Crippen LogP contribution in [-0.2, 0) is 20.8 Å². The van der Waals surface area contributed by atoms with Crippen molar-refractivity contribution in [2.24, 2.45) is 0 Å². The van der Waals surface area contributed by atoms with Crippen LogP contribution in [0.4, 0.5) is 5.69 Å². The van der Waals surface area contributed by atoms with E-state index in [0.717, 1.165) is 0 Å².